The summed E-state index contributed by atoms with van der Waals surface area (Å²) >= 11 is 9.46. The molecule has 6 heteroatoms. The van der Waals surface area contributed by atoms with Crippen molar-refractivity contribution in [2.75, 3.05) is 0 Å². The second-order valence-electron chi connectivity index (χ2n) is 7.42. The SMILES string of the molecule is Clc1ccc(-c2csc(=Nc3ccc(Oc4ccccc4)cc3)n2CCc2ccccc2)s1. The van der Waals surface area contributed by atoms with Gasteiger partial charge < -0.3 is 9.30 Å². The van der Waals surface area contributed by atoms with Crippen LogP contribution in [0.3, 0.4) is 0 Å². The molecule has 0 unspecified atom stereocenters. The molecule has 0 atom stereocenters. The number of nitrogens with zero attached hydrogens (tertiary/aromatic N) is 2. The van der Waals surface area contributed by atoms with Crippen LogP contribution in [0.1, 0.15) is 5.56 Å². The van der Waals surface area contributed by atoms with Gasteiger partial charge in [-0.05, 0) is 60.5 Å². The predicted octanol–water partition coefficient (Wildman–Crippen LogP) is 8.20. The summed E-state index contributed by atoms with van der Waals surface area (Å²) in [5.41, 5.74) is 3.34. The van der Waals surface area contributed by atoms with E-state index in [1.807, 2.05) is 66.7 Å². The lowest BCUT2D eigenvalue weighted by molar-refractivity contribution is 0.483. The van der Waals surface area contributed by atoms with E-state index >= 15 is 0 Å². The summed E-state index contributed by atoms with van der Waals surface area (Å²) in [6.07, 6.45) is 0.931. The number of ether oxygens (including phenoxy) is 1. The van der Waals surface area contributed by atoms with E-state index in [1.165, 1.54) is 5.56 Å². The Kier molecular flexibility index (Phi) is 6.72. The molecule has 5 rings (SSSR count). The van der Waals surface area contributed by atoms with Gasteiger partial charge in [0.2, 0.25) is 0 Å². The lowest BCUT2D eigenvalue weighted by atomic mass is 10.1. The Morgan fingerprint density at radius 2 is 1.48 bits per heavy atom. The molecule has 3 aromatic carbocycles. The fourth-order valence-electron chi connectivity index (χ4n) is 3.49. The van der Waals surface area contributed by atoms with E-state index in [0.717, 1.165) is 49.9 Å². The molecule has 0 saturated heterocycles. The Balaban J connectivity index is 1.44. The van der Waals surface area contributed by atoms with Crippen molar-refractivity contribution in [2.45, 2.75) is 13.0 Å². The molecule has 0 amide bonds. The summed E-state index contributed by atoms with van der Waals surface area (Å²) in [6, 6.07) is 32.2. The van der Waals surface area contributed by atoms with Crippen LogP contribution < -0.4 is 9.54 Å². The highest BCUT2D eigenvalue weighted by atomic mass is 35.5. The van der Waals surface area contributed by atoms with Gasteiger partial charge in [0.1, 0.15) is 11.5 Å². The van der Waals surface area contributed by atoms with E-state index < -0.39 is 0 Å². The van der Waals surface area contributed by atoms with Crippen molar-refractivity contribution >= 4 is 40.0 Å². The molecule has 0 aliphatic rings. The number of aromatic nitrogens is 1. The van der Waals surface area contributed by atoms with Crippen LogP contribution in [-0.4, -0.2) is 4.57 Å². The molecule has 3 nitrogen and oxygen atoms in total. The fraction of sp³-hybridized carbons (Fsp3) is 0.0741. The van der Waals surface area contributed by atoms with Gasteiger partial charge in [-0.25, -0.2) is 4.99 Å². The van der Waals surface area contributed by atoms with Gasteiger partial charge in [0.25, 0.3) is 0 Å². The Bertz CT molecular complexity index is 1390. The van der Waals surface area contributed by atoms with Gasteiger partial charge in [-0.1, -0.05) is 60.1 Å². The lowest BCUT2D eigenvalue weighted by Gasteiger charge is -2.08. The van der Waals surface area contributed by atoms with Gasteiger partial charge in [-0.15, -0.1) is 22.7 Å². The third kappa shape index (κ3) is 5.45. The van der Waals surface area contributed by atoms with Gasteiger partial charge in [-0.2, -0.15) is 0 Å². The number of thiophene rings is 1. The molecule has 164 valence electrons. The summed E-state index contributed by atoms with van der Waals surface area (Å²) < 4.78 is 8.98. The van der Waals surface area contributed by atoms with Crippen LogP contribution in [0.2, 0.25) is 4.34 Å². The van der Waals surface area contributed by atoms with E-state index in [1.54, 1.807) is 22.7 Å². The monoisotopic (exact) mass is 488 g/mol. The predicted molar refractivity (Wildman–Crippen MR) is 139 cm³/mol. The maximum Gasteiger partial charge on any atom is 0.190 e. The second kappa shape index (κ2) is 10.2. The topological polar surface area (TPSA) is 26.5 Å². The number of thiazole rings is 1. The zero-order valence-corrected chi connectivity index (χ0v) is 20.1. The van der Waals surface area contributed by atoms with Crippen molar-refractivity contribution in [3.8, 4) is 22.1 Å². The molecule has 0 N–H and O–H groups in total. The number of aryl methyl sites for hydroxylation is 1. The van der Waals surface area contributed by atoms with Crippen molar-refractivity contribution < 1.29 is 4.74 Å². The summed E-state index contributed by atoms with van der Waals surface area (Å²) in [4.78, 5) is 7.06. The first-order valence-electron chi connectivity index (χ1n) is 10.6. The van der Waals surface area contributed by atoms with Crippen LogP contribution >= 0.6 is 34.3 Å². The Hall–Kier alpha value is -3.12. The van der Waals surface area contributed by atoms with E-state index in [-0.39, 0.29) is 0 Å². The number of halogens is 1. The number of hydrogen-bond donors (Lipinski definition) is 0. The second-order valence-corrected chi connectivity index (χ2v) is 9.97. The van der Waals surface area contributed by atoms with Crippen LogP contribution in [0.15, 0.2) is 107 Å². The molecule has 2 heterocycles. The Labute approximate surface area is 205 Å². The first-order valence-corrected chi connectivity index (χ1v) is 12.7. The minimum Gasteiger partial charge on any atom is -0.457 e. The van der Waals surface area contributed by atoms with Crippen molar-refractivity contribution in [1.82, 2.24) is 4.57 Å². The van der Waals surface area contributed by atoms with Crippen molar-refractivity contribution in [2.24, 2.45) is 4.99 Å². The number of rotatable bonds is 7. The molecule has 0 aliphatic carbocycles. The summed E-state index contributed by atoms with van der Waals surface area (Å²) in [6.45, 7) is 0.840. The zero-order valence-electron chi connectivity index (χ0n) is 17.7. The smallest absolute Gasteiger partial charge is 0.190 e. The van der Waals surface area contributed by atoms with Crippen LogP contribution in [-0.2, 0) is 13.0 Å². The van der Waals surface area contributed by atoms with Gasteiger partial charge in [0, 0.05) is 11.9 Å². The normalized spacial score (nSPS) is 11.6. The van der Waals surface area contributed by atoms with E-state index in [2.05, 4.69) is 40.3 Å². The first kappa shape index (κ1) is 21.7. The average Bonchev–Trinajstić information content (AvgIpc) is 3.46. The highest BCUT2D eigenvalue weighted by Gasteiger charge is 2.11. The maximum absolute atomic E-state index is 6.22. The number of benzene rings is 3. The van der Waals surface area contributed by atoms with Gasteiger partial charge in [-0.3, -0.25) is 0 Å². The molecule has 0 bridgehead atoms. The quantitative estimate of drug-likeness (QED) is 0.227. The van der Waals surface area contributed by atoms with Crippen LogP contribution in [0.25, 0.3) is 10.6 Å². The third-order valence-corrected chi connectivity index (χ3v) is 7.25. The first-order chi connectivity index (χ1) is 16.2. The van der Waals surface area contributed by atoms with E-state index in [4.69, 9.17) is 21.3 Å². The van der Waals surface area contributed by atoms with Crippen molar-refractivity contribution in [3.05, 3.63) is 117 Å². The molecule has 0 saturated carbocycles. The molecule has 5 aromatic rings. The highest BCUT2D eigenvalue weighted by molar-refractivity contribution is 7.19. The van der Waals surface area contributed by atoms with Crippen LogP contribution in [0.5, 0.6) is 11.5 Å². The van der Waals surface area contributed by atoms with Crippen LogP contribution in [0.4, 0.5) is 5.69 Å². The fourth-order valence-corrected chi connectivity index (χ4v) is 5.58. The van der Waals surface area contributed by atoms with E-state index in [0.29, 0.717) is 0 Å². The molecular formula is C27H21ClN2OS2. The summed E-state index contributed by atoms with van der Waals surface area (Å²) in [5.74, 6) is 1.61. The number of para-hydroxylation sites is 1. The number of hydrogen-bond acceptors (Lipinski definition) is 4. The molecular weight excluding hydrogens is 468 g/mol. The lowest BCUT2D eigenvalue weighted by Crippen LogP contribution is -2.17. The minimum absolute atomic E-state index is 0.789. The molecule has 0 spiro atoms. The van der Waals surface area contributed by atoms with Crippen LogP contribution in [0, 0.1) is 0 Å². The third-order valence-electron chi connectivity index (χ3n) is 5.13. The van der Waals surface area contributed by atoms with Gasteiger partial charge >= 0.3 is 0 Å². The average molecular weight is 489 g/mol. The highest BCUT2D eigenvalue weighted by Crippen LogP contribution is 2.32. The Morgan fingerprint density at radius 3 is 2.18 bits per heavy atom. The molecule has 33 heavy (non-hydrogen) atoms. The standard InChI is InChI=1S/C27H21ClN2OS2/c28-26-16-15-25(33-26)24-19-32-27(30(24)18-17-20-7-3-1-4-8-20)29-21-11-13-23(14-12-21)31-22-9-5-2-6-10-22/h1-16,19H,17-18H2. The minimum atomic E-state index is 0.789. The summed E-state index contributed by atoms with van der Waals surface area (Å²) in [5, 5.41) is 2.17. The zero-order chi connectivity index (χ0) is 22.5. The van der Waals surface area contributed by atoms with Gasteiger partial charge in [0.15, 0.2) is 4.80 Å². The molecule has 0 radical (unpaired) electrons. The Morgan fingerprint density at radius 1 is 0.788 bits per heavy atom. The molecule has 0 aliphatic heterocycles. The van der Waals surface area contributed by atoms with E-state index in [9.17, 15) is 0 Å². The van der Waals surface area contributed by atoms with Crippen molar-refractivity contribution in [1.29, 1.82) is 0 Å². The maximum atomic E-state index is 6.22. The van der Waals surface area contributed by atoms with Crippen molar-refractivity contribution in [3.63, 3.8) is 0 Å². The van der Waals surface area contributed by atoms with Gasteiger partial charge in [0.05, 0.1) is 20.6 Å². The largest absolute Gasteiger partial charge is 0.457 e. The summed E-state index contributed by atoms with van der Waals surface area (Å²) in [7, 11) is 0. The molecule has 2 aromatic heterocycles. The molecule has 0 fully saturated rings.